The Morgan fingerprint density at radius 2 is 1.70 bits per heavy atom. The van der Waals surface area contributed by atoms with E-state index in [1.54, 1.807) is 0 Å². The lowest BCUT2D eigenvalue weighted by Crippen LogP contribution is -2.38. The van der Waals surface area contributed by atoms with Gasteiger partial charge in [0.1, 0.15) is 0 Å². The van der Waals surface area contributed by atoms with Gasteiger partial charge in [-0.05, 0) is 30.5 Å². The fraction of sp³-hybridized carbons (Fsp3) is 0.600. The highest BCUT2D eigenvalue weighted by atomic mass is 19.1. The molecule has 0 spiro atoms. The molecule has 0 amide bonds. The Morgan fingerprint density at radius 1 is 1.10 bits per heavy atom. The first-order chi connectivity index (χ1) is 9.56. The Balaban J connectivity index is 1.92. The third-order valence-corrected chi connectivity index (χ3v) is 4.16. The predicted molar refractivity (Wildman–Crippen MR) is 72.3 cm³/mol. The van der Waals surface area contributed by atoms with Crippen LogP contribution in [-0.4, -0.2) is 23.4 Å². The molecular weight excluding hydrogens is 264 g/mol. The first-order valence-electron chi connectivity index (χ1n) is 7.05. The number of benzene rings is 1. The highest BCUT2D eigenvalue weighted by Gasteiger charge is 2.30. The van der Waals surface area contributed by atoms with Crippen LogP contribution in [0.4, 0.5) is 8.78 Å². The molecule has 3 nitrogen and oxygen atoms in total. The topological polar surface area (TPSA) is 52.5 Å². The van der Waals surface area contributed by atoms with Crippen molar-refractivity contribution >= 4 is 0 Å². The fourth-order valence-corrected chi connectivity index (χ4v) is 2.88. The van der Waals surface area contributed by atoms with Gasteiger partial charge < -0.3 is 15.5 Å². The Bertz CT molecular complexity index is 436. The van der Waals surface area contributed by atoms with Crippen LogP contribution in [0.1, 0.15) is 37.7 Å². The number of aliphatic hydroxyl groups excluding tert-OH is 1. The molecule has 5 heteroatoms. The van der Waals surface area contributed by atoms with Gasteiger partial charge in [0.2, 0.25) is 0 Å². The van der Waals surface area contributed by atoms with Crippen molar-refractivity contribution in [3.63, 3.8) is 0 Å². The van der Waals surface area contributed by atoms with Gasteiger partial charge in [0.05, 0.1) is 0 Å². The quantitative estimate of drug-likeness (QED) is 0.779. The summed E-state index contributed by atoms with van der Waals surface area (Å²) >= 11 is 0. The number of phenols is 1. The van der Waals surface area contributed by atoms with Gasteiger partial charge in [0.15, 0.2) is 17.4 Å². The van der Waals surface area contributed by atoms with Crippen molar-refractivity contribution in [3.8, 4) is 5.75 Å². The molecule has 0 saturated heterocycles. The zero-order chi connectivity index (χ0) is 14.6. The SMILES string of the molecule is OCC1(CNCc2cc(F)c(O)c(F)c2)CCCCC1. The molecule has 1 aliphatic rings. The normalized spacial score (nSPS) is 18.1. The number of nitrogens with one attached hydrogen (secondary N) is 1. The molecule has 1 aromatic carbocycles. The van der Waals surface area contributed by atoms with Crippen molar-refractivity contribution < 1.29 is 19.0 Å². The van der Waals surface area contributed by atoms with E-state index in [0.717, 1.165) is 37.8 Å². The van der Waals surface area contributed by atoms with Crippen LogP contribution in [0.15, 0.2) is 12.1 Å². The largest absolute Gasteiger partial charge is 0.503 e. The van der Waals surface area contributed by atoms with E-state index >= 15 is 0 Å². The Morgan fingerprint density at radius 3 is 2.25 bits per heavy atom. The lowest BCUT2D eigenvalue weighted by atomic mass is 9.74. The van der Waals surface area contributed by atoms with Gasteiger partial charge in [-0.25, -0.2) is 8.78 Å². The molecule has 2 rings (SSSR count). The zero-order valence-electron chi connectivity index (χ0n) is 11.5. The third kappa shape index (κ3) is 3.46. The summed E-state index contributed by atoms with van der Waals surface area (Å²) in [7, 11) is 0. The minimum Gasteiger partial charge on any atom is -0.503 e. The highest BCUT2D eigenvalue weighted by Crippen LogP contribution is 2.35. The van der Waals surface area contributed by atoms with Gasteiger partial charge >= 0.3 is 0 Å². The molecule has 3 N–H and O–H groups in total. The Labute approximate surface area is 117 Å². The van der Waals surface area contributed by atoms with Crippen molar-refractivity contribution in [2.24, 2.45) is 5.41 Å². The average molecular weight is 285 g/mol. The molecule has 0 unspecified atom stereocenters. The van der Waals surface area contributed by atoms with Crippen molar-refractivity contribution in [2.45, 2.75) is 38.6 Å². The maximum atomic E-state index is 13.2. The number of rotatable bonds is 5. The van der Waals surface area contributed by atoms with Crippen molar-refractivity contribution in [1.29, 1.82) is 0 Å². The minimum atomic E-state index is -0.948. The number of hydrogen-bond acceptors (Lipinski definition) is 3. The summed E-state index contributed by atoms with van der Waals surface area (Å²) in [5.41, 5.74) is 0.341. The van der Waals surface area contributed by atoms with E-state index in [2.05, 4.69) is 5.32 Å². The fourth-order valence-electron chi connectivity index (χ4n) is 2.88. The average Bonchev–Trinajstić information content (AvgIpc) is 2.45. The van der Waals surface area contributed by atoms with Crippen LogP contribution in [0.2, 0.25) is 0 Å². The van der Waals surface area contributed by atoms with Crippen LogP contribution in [0, 0.1) is 17.0 Å². The lowest BCUT2D eigenvalue weighted by Gasteiger charge is -2.35. The summed E-state index contributed by atoms with van der Waals surface area (Å²) in [6.07, 6.45) is 5.40. The van der Waals surface area contributed by atoms with E-state index < -0.39 is 17.4 Å². The van der Waals surface area contributed by atoms with Gasteiger partial charge in [-0.2, -0.15) is 0 Å². The maximum Gasteiger partial charge on any atom is 0.187 e. The second kappa shape index (κ2) is 6.50. The molecule has 0 atom stereocenters. The second-order valence-electron chi connectivity index (χ2n) is 5.73. The van der Waals surface area contributed by atoms with E-state index in [1.165, 1.54) is 6.42 Å². The van der Waals surface area contributed by atoms with Gasteiger partial charge in [-0.1, -0.05) is 19.3 Å². The molecule has 0 aliphatic heterocycles. The van der Waals surface area contributed by atoms with Gasteiger partial charge in [0, 0.05) is 25.1 Å². The number of aromatic hydroxyl groups is 1. The molecular formula is C15H21F2NO2. The van der Waals surface area contributed by atoms with Gasteiger partial charge in [-0.15, -0.1) is 0 Å². The van der Waals surface area contributed by atoms with Crippen LogP contribution in [-0.2, 0) is 6.54 Å². The number of halogens is 2. The number of hydrogen-bond donors (Lipinski definition) is 3. The summed E-state index contributed by atoms with van der Waals surface area (Å²) in [5.74, 6) is -2.83. The van der Waals surface area contributed by atoms with Crippen LogP contribution < -0.4 is 5.32 Å². The molecule has 112 valence electrons. The summed E-state index contributed by atoms with van der Waals surface area (Å²) in [6.45, 7) is 1.09. The molecule has 20 heavy (non-hydrogen) atoms. The molecule has 0 heterocycles. The number of phenolic OH excluding ortho intramolecular Hbond substituents is 1. The molecule has 1 saturated carbocycles. The molecule has 0 aromatic heterocycles. The minimum absolute atomic E-state index is 0.105. The smallest absolute Gasteiger partial charge is 0.187 e. The van der Waals surface area contributed by atoms with E-state index in [0.29, 0.717) is 18.7 Å². The zero-order valence-corrected chi connectivity index (χ0v) is 11.5. The summed E-state index contributed by atoms with van der Waals surface area (Å²) < 4.78 is 26.4. The maximum absolute atomic E-state index is 13.2. The standard InChI is InChI=1S/C15H21F2NO2/c16-12-6-11(7-13(17)14(12)20)8-18-9-15(10-19)4-2-1-3-5-15/h6-7,18-20H,1-5,8-10H2. The first kappa shape index (κ1) is 15.2. The molecule has 0 bridgehead atoms. The highest BCUT2D eigenvalue weighted by molar-refractivity contribution is 5.29. The summed E-state index contributed by atoms with van der Waals surface area (Å²) in [6, 6.07) is 2.25. The van der Waals surface area contributed by atoms with Crippen molar-refractivity contribution in [3.05, 3.63) is 29.3 Å². The second-order valence-corrected chi connectivity index (χ2v) is 5.73. The van der Waals surface area contributed by atoms with Crippen molar-refractivity contribution in [2.75, 3.05) is 13.2 Å². The van der Waals surface area contributed by atoms with Crippen LogP contribution >= 0.6 is 0 Å². The Kier molecular flexibility index (Phi) is 4.94. The number of aliphatic hydroxyl groups is 1. The molecule has 1 fully saturated rings. The van der Waals surface area contributed by atoms with Crippen molar-refractivity contribution in [1.82, 2.24) is 5.32 Å². The third-order valence-electron chi connectivity index (χ3n) is 4.16. The molecule has 1 aliphatic carbocycles. The lowest BCUT2D eigenvalue weighted by molar-refractivity contribution is 0.0810. The van der Waals surface area contributed by atoms with E-state index in [1.807, 2.05) is 0 Å². The molecule has 0 radical (unpaired) electrons. The monoisotopic (exact) mass is 285 g/mol. The van der Waals surface area contributed by atoms with Gasteiger partial charge in [-0.3, -0.25) is 0 Å². The first-order valence-corrected chi connectivity index (χ1v) is 7.05. The summed E-state index contributed by atoms with van der Waals surface area (Å²) in [4.78, 5) is 0. The van der Waals surface area contributed by atoms with E-state index in [4.69, 9.17) is 5.11 Å². The van der Waals surface area contributed by atoms with Gasteiger partial charge in [0.25, 0.3) is 0 Å². The summed E-state index contributed by atoms with van der Waals surface area (Å²) in [5, 5.41) is 21.8. The van der Waals surface area contributed by atoms with Crippen LogP contribution in [0.25, 0.3) is 0 Å². The van der Waals surface area contributed by atoms with Crippen LogP contribution in [0.5, 0.6) is 5.75 Å². The van der Waals surface area contributed by atoms with Crippen LogP contribution in [0.3, 0.4) is 0 Å². The Hall–Kier alpha value is -1.20. The molecule has 1 aromatic rings. The van der Waals surface area contributed by atoms with E-state index in [-0.39, 0.29) is 12.0 Å². The van der Waals surface area contributed by atoms with E-state index in [9.17, 15) is 13.9 Å². The predicted octanol–water partition coefficient (Wildman–Crippen LogP) is 2.70.